The Balaban J connectivity index is 2.73. The third-order valence-electron chi connectivity index (χ3n) is 1.55. The third kappa shape index (κ3) is 0.919. The summed E-state index contributed by atoms with van der Waals surface area (Å²) in [5.41, 5.74) is 0. The highest BCUT2D eigenvalue weighted by Gasteiger charge is 2.08. The van der Waals surface area contributed by atoms with Gasteiger partial charge in [-0.25, -0.2) is 4.98 Å². The van der Waals surface area contributed by atoms with Gasteiger partial charge >= 0.3 is 0 Å². The first kappa shape index (κ1) is 7.08. The number of hydrogen-bond acceptors (Lipinski definition) is 5. The molecule has 0 atom stereocenters. The van der Waals surface area contributed by atoms with E-state index in [1.54, 1.807) is 4.52 Å². The summed E-state index contributed by atoms with van der Waals surface area (Å²) in [6, 6.07) is 0. The Bertz CT molecular complexity index is 392. The molecular weight excluding hydrogens is 156 g/mol. The molecule has 12 heavy (non-hydrogen) atoms. The van der Waals surface area contributed by atoms with E-state index in [-0.39, 0.29) is 0 Å². The molecule has 0 saturated heterocycles. The molecule has 0 aliphatic carbocycles. The van der Waals surface area contributed by atoms with Gasteiger partial charge in [0.2, 0.25) is 0 Å². The Morgan fingerprint density at radius 1 is 1.33 bits per heavy atom. The molecule has 0 spiro atoms. The summed E-state index contributed by atoms with van der Waals surface area (Å²) in [6.45, 7) is 4.06. The Kier molecular flexibility index (Phi) is 1.46. The van der Waals surface area contributed by atoms with Crippen LogP contribution in [0.2, 0.25) is 0 Å². The number of fused-ring (bicyclic) bond motifs is 1. The van der Waals surface area contributed by atoms with Crippen molar-refractivity contribution >= 4 is 5.78 Å². The van der Waals surface area contributed by atoms with E-state index in [4.69, 9.17) is 0 Å². The molecule has 2 heterocycles. The quantitative estimate of drug-likeness (QED) is 0.595. The lowest BCUT2D eigenvalue weighted by atomic mass is 10.2. The minimum atomic E-state index is 0.291. The number of hydrogen-bond donors (Lipinski definition) is 0. The van der Waals surface area contributed by atoms with E-state index in [1.807, 2.05) is 13.8 Å². The molecule has 0 N–H and O–H groups in total. The van der Waals surface area contributed by atoms with E-state index in [2.05, 4.69) is 25.5 Å². The zero-order valence-electron chi connectivity index (χ0n) is 6.84. The number of aromatic nitrogens is 6. The fraction of sp³-hybridized carbons (Fsp3) is 0.500. The first-order valence-electron chi connectivity index (χ1n) is 3.68. The number of nitrogens with zero attached hydrogens (tertiary/aromatic N) is 6. The van der Waals surface area contributed by atoms with E-state index in [0.29, 0.717) is 11.7 Å². The molecule has 0 fully saturated rings. The number of rotatable bonds is 1. The fourth-order valence-electron chi connectivity index (χ4n) is 0.999. The fourth-order valence-corrected chi connectivity index (χ4v) is 0.999. The summed E-state index contributed by atoms with van der Waals surface area (Å²) in [6.07, 6.45) is 1.47. The predicted molar refractivity (Wildman–Crippen MR) is 40.5 cm³/mol. The van der Waals surface area contributed by atoms with E-state index >= 15 is 0 Å². The van der Waals surface area contributed by atoms with Crippen LogP contribution in [0.4, 0.5) is 0 Å². The van der Waals surface area contributed by atoms with Crippen molar-refractivity contribution in [2.24, 2.45) is 0 Å². The average molecular weight is 164 g/mol. The van der Waals surface area contributed by atoms with E-state index < -0.39 is 0 Å². The van der Waals surface area contributed by atoms with Gasteiger partial charge in [-0.15, -0.1) is 0 Å². The monoisotopic (exact) mass is 164 g/mol. The lowest BCUT2D eigenvalue weighted by molar-refractivity contribution is 0.680. The first-order valence-corrected chi connectivity index (χ1v) is 3.68. The SMILES string of the molecule is CC(C)c1ncnc2nnnn12. The predicted octanol–water partition coefficient (Wildman–Crippen LogP) is 0.0377. The Morgan fingerprint density at radius 2 is 2.17 bits per heavy atom. The molecule has 2 aromatic rings. The molecule has 2 rings (SSSR count). The molecule has 0 radical (unpaired) electrons. The maximum absolute atomic E-state index is 4.09. The zero-order valence-corrected chi connectivity index (χ0v) is 6.84. The standard InChI is InChI=1S/C6H8N6/c1-4(2)5-7-3-8-6-9-10-11-12(5)6/h3-4H,1-2H3. The van der Waals surface area contributed by atoms with Crippen LogP contribution in [0.1, 0.15) is 25.6 Å². The van der Waals surface area contributed by atoms with Crippen molar-refractivity contribution in [1.82, 2.24) is 30.0 Å². The second-order valence-corrected chi connectivity index (χ2v) is 2.78. The molecule has 62 valence electrons. The van der Waals surface area contributed by atoms with E-state index in [1.165, 1.54) is 6.33 Å². The summed E-state index contributed by atoms with van der Waals surface area (Å²) >= 11 is 0. The summed E-state index contributed by atoms with van der Waals surface area (Å²) in [4.78, 5) is 7.99. The van der Waals surface area contributed by atoms with Crippen molar-refractivity contribution in [2.45, 2.75) is 19.8 Å². The number of tetrazole rings is 1. The van der Waals surface area contributed by atoms with Crippen molar-refractivity contribution < 1.29 is 0 Å². The van der Waals surface area contributed by atoms with Crippen molar-refractivity contribution in [3.8, 4) is 0 Å². The van der Waals surface area contributed by atoms with Gasteiger partial charge < -0.3 is 0 Å². The summed E-state index contributed by atoms with van der Waals surface area (Å²) in [5, 5.41) is 11.0. The Labute approximate surface area is 68.6 Å². The van der Waals surface area contributed by atoms with Crippen LogP contribution >= 0.6 is 0 Å². The molecule has 6 heteroatoms. The van der Waals surface area contributed by atoms with E-state index in [0.717, 1.165) is 5.82 Å². The van der Waals surface area contributed by atoms with Crippen LogP contribution in [-0.2, 0) is 0 Å². The topological polar surface area (TPSA) is 68.9 Å². The van der Waals surface area contributed by atoms with Gasteiger partial charge in [0.25, 0.3) is 5.78 Å². The minimum absolute atomic E-state index is 0.291. The van der Waals surface area contributed by atoms with Gasteiger partial charge in [-0.2, -0.15) is 9.50 Å². The normalized spacial score (nSPS) is 11.2. The molecule has 6 nitrogen and oxygen atoms in total. The van der Waals surface area contributed by atoms with Crippen LogP contribution in [0.5, 0.6) is 0 Å². The highest BCUT2D eigenvalue weighted by atomic mass is 15.5. The summed E-state index contributed by atoms with van der Waals surface area (Å²) in [7, 11) is 0. The average Bonchev–Trinajstić information content (AvgIpc) is 2.49. The van der Waals surface area contributed by atoms with Gasteiger partial charge in [-0.05, 0) is 10.4 Å². The van der Waals surface area contributed by atoms with E-state index in [9.17, 15) is 0 Å². The summed E-state index contributed by atoms with van der Waals surface area (Å²) in [5.74, 6) is 1.61. The lowest BCUT2D eigenvalue weighted by Gasteiger charge is -2.02. The smallest absolute Gasteiger partial charge is 0.221 e. The Morgan fingerprint density at radius 3 is 2.92 bits per heavy atom. The Hall–Kier alpha value is -1.59. The molecule has 0 aromatic carbocycles. The van der Waals surface area contributed by atoms with Gasteiger partial charge in [0.1, 0.15) is 12.2 Å². The molecular formula is C6H8N6. The zero-order chi connectivity index (χ0) is 8.55. The van der Waals surface area contributed by atoms with Crippen molar-refractivity contribution in [1.29, 1.82) is 0 Å². The molecule has 0 amide bonds. The van der Waals surface area contributed by atoms with Gasteiger partial charge in [0.15, 0.2) is 0 Å². The highest BCUT2D eigenvalue weighted by Crippen LogP contribution is 2.08. The van der Waals surface area contributed by atoms with Crippen LogP contribution in [0.15, 0.2) is 6.33 Å². The second kappa shape index (κ2) is 2.47. The third-order valence-corrected chi connectivity index (χ3v) is 1.55. The summed E-state index contributed by atoms with van der Waals surface area (Å²) < 4.78 is 1.55. The van der Waals surface area contributed by atoms with Crippen molar-refractivity contribution in [2.75, 3.05) is 0 Å². The van der Waals surface area contributed by atoms with Crippen molar-refractivity contribution in [3.05, 3.63) is 12.2 Å². The maximum Gasteiger partial charge on any atom is 0.276 e. The van der Waals surface area contributed by atoms with Gasteiger partial charge in [0.05, 0.1) is 0 Å². The van der Waals surface area contributed by atoms with Crippen LogP contribution in [0.25, 0.3) is 5.78 Å². The van der Waals surface area contributed by atoms with Gasteiger partial charge in [-0.3, -0.25) is 0 Å². The largest absolute Gasteiger partial charge is 0.276 e. The van der Waals surface area contributed by atoms with Crippen molar-refractivity contribution in [3.63, 3.8) is 0 Å². The minimum Gasteiger partial charge on any atom is -0.221 e. The maximum atomic E-state index is 4.09. The lowest BCUT2D eigenvalue weighted by Crippen LogP contribution is -2.05. The highest BCUT2D eigenvalue weighted by molar-refractivity contribution is 5.22. The molecule has 0 unspecified atom stereocenters. The molecule has 0 saturated carbocycles. The molecule has 0 aliphatic heterocycles. The first-order chi connectivity index (χ1) is 5.79. The van der Waals surface area contributed by atoms with Crippen LogP contribution in [0, 0.1) is 0 Å². The molecule has 0 bridgehead atoms. The molecule has 0 aliphatic rings. The van der Waals surface area contributed by atoms with Crippen LogP contribution in [0.3, 0.4) is 0 Å². The van der Waals surface area contributed by atoms with Gasteiger partial charge in [0, 0.05) is 5.92 Å². The molecule has 2 aromatic heterocycles. The van der Waals surface area contributed by atoms with Gasteiger partial charge in [-0.1, -0.05) is 18.9 Å². The second-order valence-electron chi connectivity index (χ2n) is 2.78. The van der Waals surface area contributed by atoms with Crippen LogP contribution in [-0.4, -0.2) is 30.0 Å². The van der Waals surface area contributed by atoms with Crippen LogP contribution < -0.4 is 0 Å².